The molecule has 2 atom stereocenters. The van der Waals surface area contributed by atoms with Crippen molar-refractivity contribution in [2.75, 3.05) is 6.54 Å². The first-order valence-corrected chi connectivity index (χ1v) is 5.99. The Kier molecular flexibility index (Phi) is 3.11. The van der Waals surface area contributed by atoms with Gasteiger partial charge in [-0.15, -0.1) is 0 Å². The van der Waals surface area contributed by atoms with Crippen molar-refractivity contribution >= 4 is 0 Å². The summed E-state index contributed by atoms with van der Waals surface area (Å²) in [4.78, 5) is 0. The van der Waals surface area contributed by atoms with Gasteiger partial charge in [-0.1, -0.05) is 25.1 Å². The van der Waals surface area contributed by atoms with Crippen molar-refractivity contribution in [3.63, 3.8) is 0 Å². The highest BCUT2D eigenvalue weighted by molar-refractivity contribution is 5.36. The lowest BCUT2D eigenvalue weighted by molar-refractivity contribution is 0.327. The topological polar surface area (TPSA) is 26.0 Å². The molecule has 1 aliphatic rings. The zero-order valence-electron chi connectivity index (χ0n) is 9.79. The Balaban J connectivity index is 2.20. The average molecular weight is 203 g/mol. The summed E-state index contributed by atoms with van der Waals surface area (Å²) < 4.78 is 0. The Labute approximate surface area is 92.7 Å². The number of hydrogen-bond donors (Lipinski definition) is 1. The number of nitrogens with two attached hydrogens (primary N) is 1. The van der Waals surface area contributed by atoms with Crippen LogP contribution in [0, 0.1) is 18.8 Å². The molecule has 1 aliphatic carbocycles. The number of benzene rings is 1. The van der Waals surface area contributed by atoms with Crippen molar-refractivity contribution < 1.29 is 0 Å². The first-order valence-electron chi connectivity index (χ1n) is 5.99. The van der Waals surface area contributed by atoms with Gasteiger partial charge in [-0.2, -0.15) is 0 Å². The molecule has 0 heterocycles. The van der Waals surface area contributed by atoms with Crippen molar-refractivity contribution in [1.29, 1.82) is 0 Å². The number of aryl methyl sites for hydroxylation is 1. The zero-order valence-corrected chi connectivity index (χ0v) is 9.79. The molecule has 2 rings (SSSR count). The maximum absolute atomic E-state index is 5.75. The van der Waals surface area contributed by atoms with E-state index in [-0.39, 0.29) is 0 Å². The van der Waals surface area contributed by atoms with E-state index in [1.165, 1.54) is 24.8 Å². The average Bonchev–Trinajstić information content (AvgIpc) is 2.28. The van der Waals surface area contributed by atoms with Crippen LogP contribution < -0.4 is 5.73 Å². The predicted molar refractivity (Wildman–Crippen MR) is 64.9 cm³/mol. The molecule has 2 unspecified atom stereocenters. The van der Waals surface area contributed by atoms with Crippen LogP contribution in [0.1, 0.15) is 30.0 Å². The Morgan fingerprint density at radius 3 is 3.00 bits per heavy atom. The molecule has 0 saturated carbocycles. The lowest BCUT2D eigenvalue weighted by Crippen LogP contribution is -2.26. The fraction of sp³-hybridized carbons (Fsp3) is 0.571. The van der Waals surface area contributed by atoms with Crippen LogP contribution in [-0.4, -0.2) is 6.54 Å². The third kappa shape index (κ3) is 2.07. The lowest BCUT2D eigenvalue weighted by atomic mass is 9.76. The number of rotatable bonds is 2. The van der Waals surface area contributed by atoms with Crippen molar-refractivity contribution in [3.05, 3.63) is 34.9 Å². The highest BCUT2D eigenvalue weighted by Crippen LogP contribution is 2.31. The van der Waals surface area contributed by atoms with E-state index in [1.54, 1.807) is 11.1 Å². The minimum Gasteiger partial charge on any atom is -0.330 e. The molecule has 15 heavy (non-hydrogen) atoms. The van der Waals surface area contributed by atoms with Crippen molar-refractivity contribution in [3.8, 4) is 0 Å². The van der Waals surface area contributed by atoms with Gasteiger partial charge in [0.1, 0.15) is 0 Å². The predicted octanol–water partition coefficient (Wildman–Crippen LogP) is 2.69. The Bertz CT molecular complexity index is 343. The summed E-state index contributed by atoms with van der Waals surface area (Å²) in [5.41, 5.74) is 10.4. The summed E-state index contributed by atoms with van der Waals surface area (Å²) in [6, 6.07) is 6.70. The van der Waals surface area contributed by atoms with E-state index in [1.807, 2.05) is 0 Å². The lowest BCUT2D eigenvalue weighted by Gasteiger charge is -2.29. The molecule has 82 valence electrons. The fourth-order valence-electron chi connectivity index (χ4n) is 2.70. The standard InChI is InChI=1S/C14H21N/c1-10-4-3-5-13-8-12(11(2)9-15)6-7-14(10)13/h3-5,11-12H,6-9,15H2,1-2H3. The fourth-order valence-corrected chi connectivity index (χ4v) is 2.70. The van der Waals surface area contributed by atoms with Gasteiger partial charge in [0, 0.05) is 0 Å². The molecule has 0 radical (unpaired) electrons. The molecule has 0 bridgehead atoms. The van der Waals surface area contributed by atoms with Gasteiger partial charge < -0.3 is 5.73 Å². The maximum Gasteiger partial charge on any atom is -0.00487 e. The molecule has 0 aliphatic heterocycles. The number of hydrogen-bond acceptors (Lipinski definition) is 1. The summed E-state index contributed by atoms with van der Waals surface area (Å²) in [6.07, 6.45) is 3.79. The first-order chi connectivity index (χ1) is 7.22. The van der Waals surface area contributed by atoms with E-state index in [2.05, 4.69) is 32.0 Å². The van der Waals surface area contributed by atoms with Gasteiger partial charge in [0.2, 0.25) is 0 Å². The minimum absolute atomic E-state index is 0.665. The molecular formula is C14H21N. The van der Waals surface area contributed by atoms with E-state index in [9.17, 15) is 0 Å². The van der Waals surface area contributed by atoms with Crippen LogP contribution in [-0.2, 0) is 12.8 Å². The summed E-state index contributed by atoms with van der Waals surface area (Å²) in [5.74, 6) is 1.46. The number of fused-ring (bicyclic) bond motifs is 1. The smallest absolute Gasteiger partial charge is 0.00487 e. The van der Waals surface area contributed by atoms with Crippen molar-refractivity contribution in [2.24, 2.45) is 17.6 Å². The van der Waals surface area contributed by atoms with Crippen LogP contribution in [0.3, 0.4) is 0 Å². The van der Waals surface area contributed by atoms with Crippen molar-refractivity contribution in [1.82, 2.24) is 0 Å². The van der Waals surface area contributed by atoms with Crippen LogP contribution in [0.15, 0.2) is 18.2 Å². The second kappa shape index (κ2) is 4.36. The summed E-state index contributed by atoms with van der Waals surface area (Å²) in [6.45, 7) is 5.34. The van der Waals surface area contributed by atoms with Gasteiger partial charge in [0.15, 0.2) is 0 Å². The molecule has 0 fully saturated rings. The van der Waals surface area contributed by atoms with Crippen molar-refractivity contribution in [2.45, 2.75) is 33.1 Å². The van der Waals surface area contributed by atoms with Gasteiger partial charge in [0.25, 0.3) is 0 Å². The summed E-state index contributed by atoms with van der Waals surface area (Å²) >= 11 is 0. The normalized spacial score (nSPS) is 22.2. The quantitative estimate of drug-likeness (QED) is 0.785. The first kappa shape index (κ1) is 10.7. The molecule has 0 aromatic heterocycles. The molecule has 1 aromatic carbocycles. The van der Waals surface area contributed by atoms with E-state index in [4.69, 9.17) is 5.73 Å². The molecule has 0 amide bonds. The van der Waals surface area contributed by atoms with Crippen LogP contribution >= 0.6 is 0 Å². The second-order valence-corrected chi connectivity index (χ2v) is 4.93. The Hall–Kier alpha value is -0.820. The highest BCUT2D eigenvalue weighted by Gasteiger charge is 2.23. The zero-order chi connectivity index (χ0) is 10.8. The van der Waals surface area contributed by atoms with Gasteiger partial charge in [0.05, 0.1) is 0 Å². The highest BCUT2D eigenvalue weighted by atomic mass is 14.5. The van der Waals surface area contributed by atoms with E-state index >= 15 is 0 Å². The third-order valence-corrected chi connectivity index (χ3v) is 3.93. The molecule has 0 spiro atoms. The van der Waals surface area contributed by atoms with Crippen LogP contribution in [0.2, 0.25) is 0 Å². The maximum atomic E-state index is 5.75. The van der Waals surface area contributed by atoms with Gasteiger partial charge in [-0.05, 0) is 61.3 Å². The van der Waals surface area contributed by atoms with Gasteiger partial charge >= 0.3 is 0 Å². The molecule has 0 saturated heterocycles. The largest absolute Gasteiger partial charge is 0.330 e. The summed E-state index contributed by atoms with van der Waals surface area (Å²) in [7, 11) is 0. The van der Waals surface area contributed by atoms with E-state index in [0.29, 0.717) is 5.92 Å². The molecule has 1 heteroatoms. The van der Waals surface area contributed by atoms with E-state index < -0.39 is 0 Å². The third-order valence-electron chi connectivity index (χ3n) is 3.93. The van der Waals surface area contributed by atoms with Crippen LogP contribution in [0.5, 0.6) is 0 Å². The van der Waals surface area contributed by atoms with Gasteiger partial charge in [-0.25, -0.2) is 0 Å². The monoisotopic (exact) mass is 203 g/mol. The van der Waals surface area contributed by atoms with E-state index in [0.717, 1.165) is 12.5 Å². The van der Waals surface area contributed by atoms with Gasteiger partial charge in [-0.3, -0.25) is 0 Å². The SMILES string of the molecule is Cc1cccc2c1CCC(C(C)CN)C2. The van der Waals surface area contributed by atoms with Crippen LogP contribution in [0.4, 0.5) is 0 Å². The Morgan fingerprint density at radius 2 is 2.27 bits per heavy atom. The minimum atomic E-state index is 0.665. The molecule has 1 nitrogen and oxygen atoms in total. The molecule has 2 N–H and O–H groups in total. The Morgan fingerprint density at radius 1 is 1.47 bits per heavy atom. The molecule has 1 aromatic rings. The summed E-state index contributed by atoms with van der Waals surface area (Å²) in [5, 5.41) is 0. The van der Waals surface area contributed by atoms with Crippen LogP contribution in [0.25, 0.3) is 0 Å². The molecular weight excluding hydrogens is 182 g/mol. The second-order valence-electron chi connectivity index (χ2n) is 4.93.